The van der Waals surface area contributed by atoms with Crippen LogP contribution in [0.5, 0.6) is 0 Å². The summed E-state index contributed by atoms with van der Waals surface area (Å²) in [6.45, 7) is 12.3. The van der Waals surface area contributed by atoms with E-state index in [1.165, 1.54) is 10.4 Å². The van der Waals surface area contributed by atoms with Gasteiger partial charge in [-0.05, 0) is 40.4 Å². The maximum atomic E-state index is 7.36. The van der Waals surface area contributed by atoms with Crippen molar-refractivity contribution in [3.8, 4) is 0 Å². The molecule has 4 aromatic carbocycles. The van der Waals surface area contributed by atoms with E-state index >= 15 is 0 Å². The van der Waals surface area contributed by atoms with Crippen LogP contribution in [0.1, 0.15) is 52.2 Å². The molecule has 2 fully saturated rings. The third-order valence-corrected chi connectivity index (χ3v) is 14.3. The maximum absolute atomic E-state index is 7.36. The van der Waals surface area contributed by atoms with Gasteiger partial charge in [-0.1, -0.05) is 142 Å². The molecule has 47 heavy (non-hydrogen) atoms. The zero-order valence-corrected chi connectivity index (χ0v) is 29.3. The van der Waals surface area contributed by atoms with Gasteiger partial charge in [-0.3, -0.25) is 0 Å². The van der Waals surface area contributed by atoms with Crippen molar-refractivity contribution in [3.05, 3.63) is 132 Å². The lowest BCUT2D eigenvalue weighted by atomic mass is 9.92. The van der Waals surface area contributed by atoms with Gasteiger partial charge in [0.05, 0.1) is 19.8 Å². The molecule has 0 radical (unpaired) electrons. The third-order valence-electron chi connectivity index (χ3n) is 9.25. The molecule has 2 heterocycles. The van der Waals surface area contributed by atoms with Crippen molar-refractivity contribution in [1.29, 1.82) is 0 Å². The topological polar surface area (TPSA) is 55.4 Å². The maximum Gasteiger partial charge on any atom is 0.261 e. The molecule has 2 aliphatic rings. The number of hydrogen-bond acceptors (Lipinski definition) is 6. The normalized spacial score (nSPS) is 23.9. The Balaban J connectivity index is 1.33. The smallest absolute Gasteiger partial charge is 0.261 e. The Bertz CT molecular complexity index is 1500. The van der Waals surface area contributed by atoms with E-state index in [0.29, 0.717) is 32.8 Å². The van der Waals surface area contributed by atoms with E-state index in [1.54, 1.807) is 0 Å². The van der Waals surface area contributed by atoms with E-state index < -0.39 is 38.2 Å². The molecule has 0 spiro atoms. The molecule has 2 saturated heterocycles. The minimum absolute atomic E-state index is 0.154. The number of fused-ring (bicyclic) bond motifs is 1. The summed E-state index contributed by atoms with van der Waals surface area (Å²) in [4.78, 5) is 0. The first-order chi connectivity index (χ1) is 22.6. The molecule has 7 heteroatoms. The Morgan fingerprint density at radius 2 is 1.17 bits per heavy atom. The van der Waals surface area contributed by atoms with Gasteiger partial charge in [-0.2, -0.15) is 0 Å². The van der Waals surface area contributed by atoms with Crippen LogP contribution in [0.15, 0.2) is 121 Å². The summed E-state index contributed by atoms with van der Waals surface area (Å²) in [5.41, 5.74) is 1.30. The predicted molar refractivity (Wildman–Crippen MR) is 187 cm³/mol. The Morgan fingerprint density at radius 3 is 1.70 bits per heavy atom. The highest BCUT2D eigenvalue weighted by Crippen LogP contribution is 2.46. The lowest BCUT2D eigenvalue weighted by Crippen LogP contribution is -2.67. The minimum atomic E-state index is -2.78. The van der Waals surface area contributed by atoms with Gasteiger partial charge in [0.15, 0.2) is 12.1 Å². The molecule has 0 aliphatic carbocycles. The Hall–Kier alpha value is -3.14. The molecular formula is C40H48O6Si. The summed E-state index contributed by atoms with van der Waals surface area (Å²) in [7, 11) is -2.78. The van der Waals surface area contributed by atoms with E-state index in [0.717, 1.165) is 11.1 Å². The van der Waals surface area contributed by atoms with E-state index in [9.17, 15) is 0 Å². The first-order valence-electron chi connectivity index (χ1n) is 16.7. The second kappa shape index (κ2) is 14.1. The molecule has 0 aromatic heterocycles. The Labute approximate surface area is 281 Å². The molecular weight excluding hydrogens is 605 g/mol. The van der Waals surface area contributed by atoms with Crippen LogP contribution in [0.4, 0.5) is 0 Å². The summed E-state index contributed by atoms with van der Waals surface area (Å²) >= 11 is 0. The molecule has 4 aromatic rings. The van der Waals surface area contributed by atoms with Crippen molar-refractivity contribution >= 4 is 18.7 Å². The van der Waals surface area contributed by atoms with Crippen molar-refractivity contribution in [2.24, 2.45) is 0 Å². The fraction of sp³-hybridized carbons (Fsp3) is 0.400. The highest BCUT2D eigenvalue weighted by Gasteiger charge is 2.63. The Kier molecular flexibility index (Phi) is 10.2. The molecule has 0 amide bonds. The molecule has 6 nitrogen and oxygen atoms in total. The Morgan fingerprint density at radius 1 is 0.660 bits per heavy atom. The van der Waals surface area contributed by atoms with Gasteiger partial charge in [-0.15, -0.1) is 0 Å². The summed E-state index contributed by atoms with van der Waals surface area (Å²) < 4.78 is 40.3. The molecule has 0 N–H and O–H groups in total. The fourth-order valence-corrected chi connectivity index (χ4v) is 11.7. The summed E-state index contributed by atoms with van der Waals surface area (Å²) in [6.07, 6.45) is -0.916. The average Bonchev–Trinajstić information content (AvgIpc) is 3.51. The lowest BCUT2D eigenvalue weighted by molar-refractivity contribution is -0.257. The van der Waals surface area contributed by atoms with E-state index in [-0.39, 0.29) is 5.04 Å². The molecule has 4 atom stereocenters. The minimum Gasteiger partial charge on any atom is -0.407 e. The van der Waals surface area contributed by atoms with Gasteiger partial charge in [0, 0.05) is 13.0 Å². The molecule has 0 bridgehead atoms. The van der Waals surface area contributed by atoms with Crippen LogP contribution in [0.2, 0.25) is 5.04 Å². The zero-order chi connectivity index (χ0) is 33.0. The second-order valence-electron chi connectivity index (χ2n) is 14.1. The fourth-order valence-electron chi connectivity index (χ4n) is 7.10. The summed E-state index contributed by atoms with van der Waals surface area (Å²) in [5, 5.41) is 2.32. The monoisotopic (exact) mass is 652 g/mol. The van der Waals surface area contributed by atoms with Gasteiger partial charge in [0.1, 0.15) is 17.8 Å². The first-order valence-corrected chi connectivity index (χ1v) is 18.6. The van der Waals surface area contributed by atoms with Crippen LogP contribution in [0.25, 0.3) is 0 Å². The second-order valence-corrected chi connectivity index (χ2v) is 18.4. The summed E-state index contributed by atoms with van der Waals surface area (Å²) in [6, 6.07) is 41.9. The van der Waals surface area contributed by atoms with E-state index in [2.05, 4.69) is 106 Å². The van der Waals surface area contributed by atoms with E-state index in [1.807, 2.05) is 50.2 Å². The SMILES string of the molecule is CC1(C)O[C@H]2O[C@@](CCO[Si](c3ccccc3)(c3ccccc3)C(C)(C)C)(COCc3ccccc3)[C@@H](OCc3ccccc3)[C@H]2O1. The van der Waals surface area contributed by atoms with Crippen LogP contribution in [-0.2, 0) is 41.3 Å². The largest absolute Gasteiger partial charge is 0.407 e. The number of ether oxygens (including phenoxy) is 5. The number of rotatable bonds is 13. The van der Waals surface area contributed by atoms with Crippen LogP contribution in [0.3, 0.4) is 0 Å². The first kappa shape index (κ1) is 33.7. The molecule has 2 aliphatic heterocycles. The standard InChI is InChI=1S/C40H48O6Si/c1-38(2,3)47(33-22-14-8-15-23-33,34-24-16-9-17-25-34)43-27-26-40(30-41-28-31-18-10-6-11-19-31)36(42-29-32-20-12-7-13-21-32)35-37(46-40)45-39(4,5)44-35/h6-25,35-37H,26-30H2,1-5H3/t35-,36+,37+,40+/m1/s1. The number of hydrogen-bond donors (Lipinski definition) is 0. The van der Waals surface area contributed by atoms with Crippen molar-refractivity contribution < 1.29 is 28.1 Å². The van der Waals surface area contributed by atoms with Gasteiger partial charge in [0.2, 0.25) is 0 Å². The molecule has 0 unspecified atom stereocenters. The molecule has 0 saturated carbocycles. The highest BCUT2D eigenvalue weighted by molar-refractivity contribution is 6.99. The third kappa shape index (κ3) is 7.32. The quantitative estimate of drug-likeness (QED) is 0.145. The van der Waals surface area contributed by atoms with Gasteiger partial charge >= 0.3 is 0 Å². The van der Waals surface area contributed by atoms with Crippen molar-refractivity contribution in [1.82, 2.24) is 0 Å². The van der Waals surface area contributed by atoms with Crippen molar-refractivity contribution in [3.63, 3.8) is 0 Å². The predicted octanol–water partition coefficient (Wildman–Crippen LogP) is 7.00. The van der Waals surface area contributed by atoms with Gasteiger partial charge in [0.25, 0.3) is 8.32 Å². The van der Waals surface area contributed by atoms with Gasteiger partial charge < -0.3 is 28.1 Å². The summed E-state index contributed by atoms with van der Waals surface area (Å²) in [5.74, 6) is -0.786. The average molecular weight is 653 g/mol. The van der Waals surface area contributed by atoms with Crippen molar-refractivity contribution in [2.45, 2.75) is 89.2 Å². The van der Waals surface area contributed by atoms with Crippen LogP contribution >= 0.6 is 0 Å². The molecule has 248 valence electrons. The van der Waals surface area contributed by atoms with E-state index in [4.69, 9.17) is 28.1 Å². The van der Waals surface area contributed by atoms with Crippen LogP contribution < -0.4 is 10.4 Å². The van der Waals surface area contributed by atoms with Crippen LogP contribution in [-0.4, -0.2) is 51.4 Å². The van der Waals surface area contributed by atoms with Gasteiger partial charge in [-0.25, -0.2) is 0 Å². The highest BCUT2D eigenvalue weighted by atomic mass is 28.4. The lowest BCUT2D eigenvalue weighted by Gasteiger charge is -2.44. The van der Waals surface area contributed by atoms with Crippen molar-refractivity contribution in [2.75, 3.05) is 13.2 Å². The van der Waals surface area contributed by atoms with Crippen LogP contribution in [0, 0.1) is 0 Å². The molecule has 6 rings (SSSR count). The number of benzene rings is 4. The zero-order valence-electron chi connectivity index (χ0n) is 28.3.